The Labute approximate surface area is 274 Å². The zero-order valence-corrected chi connectivity index (χ0v) is 25.9. The Morgan fingerprint density at radius 2 is 1.36 bits per heavy atom. The summed E-state index contributed by atoms with van der Waals surface area (Å²) in [6.45, 7) is 0.0252. The lowest BCUT2D eigenvalue weighted by Gasteiger charge is -2.40. The SMILES string of the molecule is c1ccc(Oc2ccccc2N2c3ccc(-n4c5c(c6ccccc64)CCCC5)cc3B3c4ccccc4Oc4cccc2c43)cc1. The van der Waals surface area contributed by atoms with Crippen LogP contribution in [0.4, 0.5) is 17.1 Å². The maximum atomic E-state index is 6.62. The highest BCUT2D eigenvalue weighted by Crippen LogP contribution is 2.45. The molecule has 6 aromatic carbocycles. The van der Waals surface area contributed by atoms with Gasteiger partial charge in [-0.2, -0.15) is 0 Å². The van der Waals surface area contributed by atoms with Gasteiger partial charge >= 0.3 is 0 Å². The maximum Gasteiger partial charge on any atom is 0.256 e. The predicted octanol–water partition coefficient (Wildman–Crippen LogP) is 8.71. The molecule has 224 valence electrons. The third kappa shape index (κ3) is 4.02. The number of nitrogens with zero attached hydrogens (tertiary/aromatic N) is 2. The molecule has 0 saturated carbocycles. The molecule has 0 spiro atoms. The Balaban J connectivity index is 1.24. The molecular formula is C42H31BN2O2. The summed E-state index contributed by atoms with van der Waals surface area (Å²) < 4.78 is 15.7. The highest BCUT2D eigenvalue weighted by molar-refractivity contribution is 6.99. The Morgan fingerprint density at radius 3 is 2.32 bits per heavy atom. The lowest BCUT2D eigenvalue weighted by Crippen LogP contribution is -2.59. The Kier molecular flexibility index (Phi) is 5.89. The van der Waals surface area contributed by atoms with Crippen molar-refractivity contribution in [3.8, 4) is 28.7 Å². The molecule has 47 heavy (non-hydrogen) atoms. The third-order valence-corrected chi connectivity index (χ3v) is 10.1. The molecule has 5 heteroatoms. The summed E-state index contributed by atoms with van der Waals surface area (Å²) in [5.41, 5.74) is 12.4. The van der Waals surface area contributed by atoms with Gasteiger partial charge in [0.05, 0.1) is 11.2 Å². The highest BCUT2D eigenvalue weighted by Gasteiger charge is 2.42. The molecule has 10 rings (SSSR count). The lowest BCUT2D eigenvalue weighted by atomic mass is 9.34. The summed E-state index contributed by atoms with van der Waals surface area (Å²) in [6, 6.07) is 49.3. The van der Waals surface area contributed by atoms with Crippen molar-refractivity contribution >= 4 is 51.1 Å². The van der Waals surface area contributed by atoms with Crippen LogP contribution in [-0.4, -0.2) is 11.3 Å². The van der Waals surface area contributed by atoms with Crippen LogP contribution < -0.4 is 30.8 Å². The molecule has 0 bridgehead atoms. The van der Waals surface area contributed by atoms with Gasteiger partial charge in [-0.25, -0.2) is 0 Å². The fourth-order valence-corrected chi connectivity index (χ4v) is 8.15. The van der Waals surface area contributed by atoms with Gasteiger partial charge in [0, 0.05) is 28.1 Å². The van der Waals surface area contributed by atoms with Crippen LogP contribution in [0.3, 0.4) is 0 Å². The zero-order chi connectivity index (χ0) is 30.9. The van der Waals surface area contributed by atoms with Gasteiger partial charge in [-0.05, 0) is 114 Å². The Hall–Kier alpha value is -5.68. The van der Waals surface area contributed by atoms with Crippen LogP contribution in [0.1, 0.15) is 24.1 Å². The normalized spacial score (nSPS) is 14.1. The largest absolute Gasteiger partial charge is 0.458 e. The average Bonchev–Trinajstić information content (AvgIpc) is 3.47. The second kappa shape index (κ2) is 10.4. The first kappa shape index (κ1) is 26.5. The first-order valence-corrected chi connectivity index (χ1v) is 16.6. The predicted molar refractivity (Wildman–Crippen MR) is 192 cm³/mol. The van der Waals surface area contributed by atoms with Crippen LogP contribution in [0.15, 0.2) is 140 Å². The molecule has 0 saturated heterocycles. The van der Waals surface area contributed by atoms with Crippen molar-refractivity contribution in [1.29, 1.82) is 0 Å². The number of rotatable bonds is 4. The van der Waals surface area contributed by atoms with E-state index in [0.29, 0.717) is 0 Å². The summed E-state index contributed by atoms with van der Waals surface area (Å²) >= 11 is 0. The van der Waals surface area contributed by atoms with E-state index in [4.69, 9.17) is 9.47 Å². The van der Waals surface area contributed by atoms with Gasteiger partial charge < -0.3 is 18.9 Å². The van der Waals surface area contributed by atoms with E-state index < -0.39 is 0 Å². The van der Waals surface area contributed by atoms with Crippen molar-refractivity contribution in [3.05, 3.63) is 151 Å². The number of benzene rings is 6. The first-order chi connectivity index (χ1) is 23.3. The van der Waals surface area contributed by atoms with Gasteiger partial charge in [0.15, 0.2) is 5.75 Å². The van der Waals surface area contributed by atoms with E-state index in [9.17, 15) is 0 Å². The van der Waals surface area contributed by atoms with Crippen molar-refractivity contribution < 1.29 is 9.47 Å². The molecule has 0 atom stereocenters. The number of fused-ring (bicyclic) bond motifs is 7. The fraction of sp³-hybridized carbons (Fsp3) is 0.0952. The van der Waals surface area contributed by atoms with Gasteiger partial charge in [-0.1, -0.05) is 72.8 Å². The van der Waals surface area contributed by atoms with Crippen LogP contribution in [0.25, 0.3) is 16.6 Å². The van der Waals surface area contributed by atoms with E-state index in [2.05, 4.69) is 113 Å². The first-order valence-electron chi connectivity index (χ1n) is 16.6. The van der Waals surface area contributed by atoms with Gasteiger partial charge in [-0.3, -0.25) is 0 Å². The van der Waals surface area contributed by atoms with E-state index in [0.717, 1.165) is 52.9 Å². The minimum absolute atomic E-state index is 0.0252. The van der Waals surface area contributed by atoms with Crippen molar-refractivity contribution in [2.24, 2.45) is 0 Å². The third-order valence-electron chi connectivity index (χ3n) is 10.1. The van der Waals surface area contributed by atoms with Crippen molar-refractivity contribution in [2.75, 3.05) is 4.90 Å². The summed E-state index contributed by atoms with van der Waals surface area (Å²) in [6.07, 6.45) is 4.72. The molecular weight excluding hydrogens is 575 g/mol. The second-order valence-corrected chi connectivity index (χ2v) is 12.7. The smallest absolute Gasteiger partial charge is 0.256 e. The highest BCUT2D eigenvalue weighted by atomic mass is 16.5. The number of para-hydroxylation sites is 5. The minimum atomic E-state index is 0.0252. The summed E-state index contributed by atoms with van der Waals surface area (Å²) in [5.74, 6) is 3.43. The topological polar surface area (TPSA) is 26.6 Å². The van der Waals surface area contributed by atoms with Gasteiger partial charge in [0.25, 0.3) is 6.71 Å². The monoisotopic (exact) mass is 606 g/mol. The van der Waals surface area contributed by atoms with Crippen LogP contribution in [0.5, 0.6) is 23.0 Å². The molecule has 1 aliphatic carbocycles. The van der Waals surface area contributed by atoms with E-state index in [1.807, 2.05) is 36.4 Å². The van der Waals surface area contributed by atoms with Crippen molar-refractivity contribution in [1.82, 2.24) is 4.57 Å². The number of anilines is 3. The zero-order valence-electron chi connectivity index (χ0n) is 25.9. The van der Waals surface area contributed by atoms with E-state index in [-0.39, 0.29) is 6.71 Å². The van der Waals surface area contributed by atoms with Gasteiger partial charge in [-0.15, -0.1) is 0 Å². The molecule has 4 nitrogen and oxygen atoms in total. The summed E-state index contributed by atoms with van der Waals surface area (Å²) in [7, 11) is 0. The molecule has 0 unspecified atom stereocenters. The Morgan fingerprint density at radius 1 is 0.596 bits per heavy atom. The number of hydrogen-bond acceptors (Lipinski definition) is 3. The molecule has 7 aromatic rings. The average molecular weight is 607 g/mol. The number of aromatic nitrogens is 1. The molecule has 1 aromatic heterocycles. The van der Waals surface area contributed by atoms with Crippen LogP contribution in [0.2, 0.25) is 0 Å². The molecule has 0 fully saturated rings. The molecule has 0 N–H and O–H groups in total. The lowest BCUT2D eigenvalue weighted by molar-refractivity contribution is 0.483. The number of ether oxygens (including phenoxy) is 2. The van der Waals surface area contributed by atoms with E-state index in [1.54, 1.807) is 0 Å². The molecule has 3 aliphatic rings. The summed E-state index contributed by atoms with van der Waals surface area (Å²) in [5, 5.41) is 1.39. The maximum absolute atomic E-state index is 6.62. The number of aryl methyl sites for hydroxylation is 1. The van der Waals surface area contributed by atoms with E-state index >= 15 is 0 Å². The van der Waals surface area contributed by atoms with Gasteiger partial charge in [0.2, 0.25) is 0 Å². The summed E-state index contributed by atoms with van der Waals surface area (Å²) in [4.78, 5) is 2.37. The number of hydrogen-bond donors (Lipinski definition) is 0. The Bertz CT molecular complexity index is 2340. The molecule has 0 amide bonds. The standard InChI is InChI=1S/C42H31BN2O2/c1-2-13-29(14-3-1)46-40-23-11-9-20-37(40)45-36-26-25-28(44-34-18-7-4-15-30(34)31-16-5-8-19-35(31)44)27-33(36)43-32-17-6-10-22-39(32)47-41-24-12-21-38(45)42(41)43/h1-4,6-7,9-15,17-18,20-27H,5,8,16,19H2. The molecule has 3 heterocycles. The van der Waals surface area contributed by atoms with Crippen LogP contribution in [0, 0.1) is 0 Å². The van der Waals surface area contributed by atoms with Crippen LogP contribution in [-0.2, 0) is 12.8 Å². The van der Waals surface area contributed by atoms with Crippen LogP contribution >= 0.6 is 0 Å². The van der Waals surface area contributed by atoms with Gasteiger partial charge in [0.1, 0.15) is 17.2 Å². The van der Waals surface area contributed by atoms with Crippen molar-refractivity contribution in [3.63, 3.8) is 0 Å². The second-order valence-electron chi connectivity index (χ2n) is 12.7. The molecule has 0 radical (unpaired) electrons. The molecule has 2 aliphatic heterocycles. The minimum Gasteiger partial charge on any atom is -0.458 e. The fourth-order valence-electron chi connectivity index (χ4n) is 8.15. The van der Waals surface area contributed by atoms with E-state index in [1.165, 1.54) is 57.1 Å². The van der Waals surface area contributed by atoms with Crippen molar-refractivity contribution in [2.45, 2.75) is 25.7 Å². The quantitative estimate of drug-likeness (QED) is 0.188.